The van der Waals surface area contributed by atoms with E-state index in [0.29, 0.717) is 30.7 Å². The lowest BCUT2D eigenvalue weighted by Gasteiger charge is -2.30. The van der Waals surface area contributed by atoms with Crippen molar-refractivity contribution in [3.8, 4) is 0 Å². The summed E-state index contributed by atoms with van der Waals surface area (Å²) in [6.07, 6.45) is -0.230. The zero-order chi connectivity index (χ0) is 22.0. The van der Waals surface area contributed by atoms with E-state index in [1.165, 1.54) is 6.07 Å². The van der Waals surface area contributed by atoms with Crippen molar-refractivity contribution in [1.29, 1.82) is 0 Å². The van der Waals surface area contributed by atoms with E-state index in [4.69, 9.17) is 51.5 Å². The van der Waals surface area contributed by atoms with E-state index in [2.05, 4.69) is 10.0 Å². The number of nitrogens with zero attached hydrogens (tertiary/aromatic N) is 1. The van der Waals surface area contributed by atoms with Gasteiger partial charge in [0.1, 0.15) is 0 Å². The van der Waals surface area contributed by atoms with E-state index < -0.39 is 37.9 Å². The molecule has 0 aliphatic carbocycles. The molecule has 1 aliphatic heterocycles. The number of sulfonamides is 1. The number of hydrogen-bond acceptors (Lipinski definition) is 6. The number of likely N-dealkylation sites (tertiary alicyclic amines) is 1. The van der Waals surface area contributed by atoms with E-state index >= 15 is 0 Å². The molecule has 1 aliphatic rings. The minimum Gasteiger partial charge on any atom is -0.465 e. The molecule has 0 saturated carbocycles. The van der Waals surface area contributed by atoms with Gasteiger partial charge >= 0.3 is 12.1 Å². The number of carbonyl (C=O) groups excluding carboxylic acids is 2. The number of urea groups is 1. The second-order valence-electron chi connectivity index (χ2n) is 5.85. The number of carboxylic acid groups (broad SMARTS) is 1. The molecule has 4 amide bonds. The smallest absolute Gasteiger partial charge is 0.407 e. The van der Waals surface area contributed by atoms with Crippen molar-refractivity contribution in [2.24, 2.45) is 0 Å². The van der Waals surface area contributed by atoms with Crippen LogP contribution in [-0.4, -0.2) is 59.4 Å². The lowest BCUT2D eigenvalue weighted by molar-refractivity contribution is -0.119. The number of alkyl halides is 3. The number of anilines is 1. The van der Waals surface area contributed by atoms with Gasteiger partial charge in [-0.3, -0.25) is 10.1 Å². The van der Waals surface area contributed by atoms with Crippen molar-refractivity contribution >= 4 is 91.5 Å². The van der Waals surface area contributed by atoms with Gasteiger partial charge in [0.2, 0.25) is 0 Å². The van der Waals surface area contributed by atoms with Gasteiger partial charge in [0.15, 0.2) is 4.21 Å². The summed E-state index contributed by atoms with van der Waals surface area (Å²) in [7, 11) is -4.16. The molecule has 1 aromatic rings. The first-order valence-corrected chi connectivity index (χ1v) is 11.6. The molecule has 1 atom stereocenters. The Morgan fingerprint density at radius 3 is 2.52 bits per heavy atom. The Hall–Kier alpha value is -1.02. The summed E-state index contributed by atoms with van der Waals surface area (Å²) >= 11 is 22.6. The topological polar surface area (TPSA) is 145 Å². The molecule has 2 rings (SSSR count). The minimum absolute atomic E-state index is 0.0192. The molecular formula is C13H14Cl4N4O6S2. The number of rotatable bonds is 4. The lowest BCUT2D eigenvalue weighted by Crippen LogP contribution is -2.49. The first-order chi connectivity index (χ1) is 13.3. The van der Waals surface area contributed by atoms with Gasteiger partial charge in [-0.2, -0.15) is 0 Å². The Morgan fingerprint density at radius 2 is 1.93 bits per heavy atom. The van der Waals surface area contributed by atoms with E-state index in [1.807, 2.05) is 0 Å². The maximum absolute atomic E-state index is 12.7. The molecule has 0 bridgehead atoms. The molecule has 1 fully saturated rings. The fourth-order valence-corrected chi connectivity index (χ4v) is 5.66. The van der Waals surface area contributed by atoms with Crippen molar-refractivity contribution in [2.75, 3.05) is 18.4 Å². The summed E-state index contributed by atoms with van der Waals surface area (Å²) < 4.78 is 25.2. The predicted molar refractivity (Wildman–Crippen MR) is 110 cm³/mol. The molecule has 10 nitrogen and oxygen atoms in total. The average molecular weight is 528 g/mol. The first kappa shape index (κ1) is 24.3. The van der Waals surface area contributed by atoms with Gasteiger partial charge in [0.25, 0.3) is 19.7 Å². The Kier molecular flexibility index (Phi) is 7.87. The summed E-state index contributed by atoms with van der Waals surface area (Å²) in [4.78, 5) is 35.6. The molecule has 0 radical (unpaired) electrons. The summed E-state index contributed by atoms with van der Waals surface area (Å²) in [5, 5.41) is 13.0. The number of nitrogens with one attached hydrogen (secondary N) is 3. The first-order valence-electron chi connectivity index (χ1n) is 7.78. The Bertz CT molecular complexity index is 917. The normalized spacial score (nSPS) is 17.7. The molecule has 0 unspecified atom stereocenters. The largest absolute Gasteiger partial charge is 0.465 e. The van der Waals surface area contributed by atoms with Gasteiger partial charge in [0.05, 0.1) is 10.0 Å². The zero-order valence-electron chi connectivity index (χ0n) is 14.2. The zero-order valence-corrected chi connectivity index (χ0v) is 18.9. The highest BCUT2D eigenvalue weighted by Crippen LogP contribution is 2.35. The van der Waals surface area contributed by atoms with Crippen LogP contribution in [0.25, 0.3) is 0 Å². The molecule has 0 spiro atoms. The number of carbonyl (C=O) groups is 3. The fourth-order valence-electron chi connectivity index (χ4n) is 2.48. The quantitative estimate of drug-likeness (QED) is 0.443. The Balaban J connectivity index is 2.15. The van der Waals surface area contributed by atoms with Gasteiger partial charge in [-0.15, -0.1) is 11.3 Å². The van der Waals surface area contributed by atoms with Crippen LogP contribution in [0.5, 0.6) is 0 Å². The molecule has 1 aromatic heterocycles. The maximum Gasteiger partial charge on any atom is 0.407 e. The molecule has 0 aromatic carbocycles. The predicted octanol–water partition coefficient (Wildman–Crippen LogP) is 2.84. The number of imide groups is 1. The lowest BCUT2D eigenvalue weighted by atomic mass is 10.1. The SMILES string of the molecule is O=C(NC(=O)C(Cl)(Cl)Cl)Nc1cc(Cl)sc1S(=O)(=O)N[C@H]1CCCN(C(=O)O)C1. The number of piperidine rings is 1. The third-order valence-electron chi connectivity index (χ3n) is 3.66. The van der Waals surface area contributed by atoms with Crippen molar-refractivity contribution in [2.45, 2.75) is 26.9 Å². The minimum atomic E-state index is -4.16. The monoisotopic (exact) mass is 526 g/mol. The van der Waals surface area contributed by atoms with Crippen molar-refractivity contribution in [3.63, 3.8) is 0 Å². The van der Waals surface area contributed by atoms with Crippen LogP contribution < -0.4 is 15.4 Å². The van der Waals surface area contributed by atoms with Crippen LogP contribution in [0.15, 0.2) is 10.3 Å². The summed E-state index contributed by atoms with van der Waals surface area (Å²) in [5.74, 6) is -1.24. The summed E-state index contributed by atoms with van der Waals surface area (Å²) in [6, 6.07) is -0.620. The molecule has 1 saturated heterocycles. The van der Waals surface area contributed by atoms with Gasteiger partial charge in [0, 0.05) is 19.1 Å². The Labute approximate surface area is 189 Å². The van der Waals surface area contributed by atoms with Crippen LogP contribution >= 0.6 is 57.7 Å². The molecule has 29 heavy (non-hydrogen) atoms. The van der Waals surface area contributed by atoms with Crippen LogP contribution in [-0.2, 0) is 14.8 Å². The van der Waals surface area contributed by atoms with Gasteiger partial charge in [-0.25, -0.2) is 22.7 Å². The van der Waals surface area contributed by atoms with Crippen molar-refractivity contribution < 1.29 is 27.9 Å². The highest BCUT2D eigenvalue weighted by molar-refractivity contribution is 7.91. The molecule has 2 heterocycles. The van der Waals surface area contributed by atoms with E-state index in [0.717, 1.165) is 4.90 Å². The van der Waals surface area contributed by atoms with Gasteiger partial charge < -0.3 is 15.3 Å². The number of thiophene rings is 1. The molecule has 4 N–H and O–H groups in total. The highest BCUT2D eigenvalue weighted by atomic mass is 35.6. The molecule has 16 heteroatoms. The van der Waals surface area contributed by atoms with E-state index in [9.17, 15) is 22.8 Å². The average Bonchev–Trinajstić information content (AvgIpc) is 2.94. The van der Waals surface area contributed by atoms with Crippen LogP contribution in [0.4, 0.5) is 15.3 Å². The van der Waals surface area contributed by atoms with Crippen LogP contribution in [0, 0.1) is 0 Å². The van der Waals surface area contributed by atoms with E-state index in [-0.39, 0.29) is 20.8 Å². The van der Waals surface area contributed by atoms with Crippen LogP contribution in [0.1, 0.15) is 12.8 Å². The van der Waals surface area contributed by atoms with Crippen LogP contribution in [0.2, 0.25) is 4.34 Å². The Morgan fingerprint density at radius 1 is 1.28 bits per heavy atom. The van der Waals surface area contributed by atoms with Gasteiger partial charge in [-0.05, 0) is 18.9 Å². The molecular weight excluding hydrogens is 514 g/mol. The molecule has 162 valence electrons. The highest BCUT2D eigenvalue weighted by Gasteiger charge is 2.33. The summed E-state index contributed by atoms with van der Waals surface area (Å²) in [5.41, 5.74) is -0.201. The van der Waals surface area contributed by atoms with Gasteiger partial charge in [-0.1, -0.05) is 46.4 Å². The number of hydrogen-bond donors (Lipinski definition) is 4. The van der Waals surface area contributed by atoms with Crippen molar-refractivity contribution in [3.05, 3.63) is 10.4 Å². The number of amides is 4. The number of halogens is 4. The maximum atomic E-state index is 12.7. The van der Waals surface area contributed by atoms with Crippen LogP contribution in [0.3, 0.4) is 0 Å². The standard InChI is InChI=1S/C13H14Cl4N4O6S2/c14-8-4-7(18-11(23)19-10(22)13(15,16)17)9(28-8)29(26,27)20-6-2-1-3-21(5-6)12(24)25/h4,6,20H,1-3,5H2,(H,24,25)(H2,18,19,22,23)/t6-/m0/s1. The van der Waals surface area contributed by atoms with E-state index in [1.54, 1.807) is 5.32 Å². The summed E-state index contributed by atoms with van der Waals surface area (Å²) in [6.45, 7) is 0.289. The second kappa shape index (κ2) is 9.41. The van der Waals surface area contributed by atoms with Crippen molar-refractivity contribution in [1.82, 2.24) is 14.9 Å². The second-order valence-corrected chi connectivity index (χ2v) is 11.7. The fraction of sp³-hybridized carbons (Fsp3) is 0.462. The third-order valence-corrected chi connectivity index (χ3v) is 7.49. The third kappa shape index (κ3) is 6.74.